The van der Waals surface area contributed by atoms with Crippen LogP contribution in [0.25, 0.3) is 22.3 Å². The molecule has 0 bridgehead atoms. The quantitative estimate of drug-likeness (QED) is 0.0986. The van der Waals surface area contributed by atoms with Crippen molar-refractivity contribution in [1.29, 1.82) is 0 Å². The predicted octanol–water partition coefficient (Wildman–Crippen LogP) is 12.5. The Morgan fingerprint density at radius 1 is 0.560 bits per heavy atom. The SMILES string of the molecule is C=CCCCCCCC1COC(c2ccc(-c3ccc(-c4ccc([C@@H]5OC[C@@H](CCCCCCC=C)C(C)O5)c(F)c4)cc3)cc2F)OC1C. The lowest BCUT2D eigenvalue weighted by Gasteiger charge is -2.35. The van der Waals surface area contributed by atoms with Crippen LogP contribution in [-0.2, 0) is 18.9 Å². The van der Waals surface area contributed by atoms with Gasteiger partial charge in [-0.15, -0.1) is 13.2 Å². The lowest BCUT2D eigenvalue weighted by molar-refractivity contribution is -0.238. The lowest BCUT2D eigenvalue weighted by Crippen LogP contribution is -2.34. The molecule has 0 spiro atoms. The molecular formula is C44H56F2O4. The lowest BCUT2D eigenvalue weighted by atomic mass is 9.95. The van der Waals surface area contributed by atoms with E-state index >= 15 is 8.78 Å². The Morgan fingerprint density at radius 2 is 0.940 bits per heavy atom. The van der Waals surface area contributed by atoms with Crippen molar-refractivity contribution in [2.45, 2.75) is 116 Å². The van der Waals surface area contributed by atoms with Crippen LogP contribution in [0.3, 0.4) is 0 Å². The maximum absolute atomic E-state index is 15.4. The zero-order chi connectivity index (χ0) is 35.3. The fraction of sp³-hybridized carbons (Fsp3) is 0.500. The second-order valence-corrected chi connectivity index (χ2v) is 14.1. The number of unbranched alkanes of at least 4 members (excludes halogenated alkanes) is 8. The first kappa shape index (κ1) is 38.1. The van der Waals surface area contributed by atoms with Gasteiger partial charge in [0, 0.05) is 23.0 Å². The topological polar surface area (TPSA) is 36.9 Å². The number of rotatable bonds is 18. The third-order valence-corrected chi connectivity index (χ3v) is 10.5. The first-order valence-electron chi connectivity index (χ1n) is 18.8. The van der Waals surface area contributed by atoms with E-state index in [1.807, 2.05) is 48.6 Å². The molecule has 3 aromatic rings. The average molecular weight is 687 g/mol. The number of allylic oxidation sites excluding steroid dienone is 2. The second kappa shape index (κ2) is 19.4. The van der Waals surface area contributed by atoms with Gasteiger partial charge in [-0.05, 0) is 86.8 Å². The van der Waals surface area contributed by atoms with E-state index in [2.05, 4.69) is 27.0 Å². The summed E-state index contributed by atoms with van der Waals surface area (Å²) in [5.41, 5.74) is 4.08. The average Bonchev–Trinajstić information content (AvgIpc) is 3.12. The molecule has 0 saturated carbocycles. The van der Waals surface area contributed by atoms with E-state index in [9.17, 15) is 0 Å². The van der Waals surface area contributed by atoms with Gasteiger partial charge in [0.25, 0.3) is 0 Å². The zero-order valence-electron chi connectivity index (χ0n) is 30.1. The Kier molecular flexibility index (Phi) is 14.8. The molecule has 0 radical (unpaired) electrons. The summed E-state index contributed by atoms with van der Waals surface area (Å²) in [6, 6.07) is 18.1. The van der Waals surface area contributed by atoms with Gasteiger partial charge in [-0.2, -0.15) is 0 Å². The van der Waals surface area contributed by atoms with Gasteiger partial charge in [0.1, 0.15) is 11.6 Å². The van der Waals surface area contributed by atoms with Gasteiger partial charge in [-0.25, -0.2) is 8.78 Å². The van der Waals surface area contributed by atoms with E-state index in [0.29, 0.717) is 36.2 Å². The van der Waals surface area contributed by atoms with Crippen molar-refractivity contribution < 1.29 is 27.7 Å². The van der Waals surface area contributed by atoms with Gasteiger partial charge < -0.3 is 18.9 Å². The van der Waals surface area contributed by atoms with Crippen molar-refractivity contribution in [2.24, 2.45) is 11.8 Å². The Morgan fingerprint density at radius 3 is 1.30 bits per heavy atom. The van der Waals surface area contributed by atoms with Crippen molar-refractivity contribution in [1.82, 2.24) is 0 Å². The molecule has 2 heterocycles. The molecule has 2 saturated heterocycles. The third kappa shape index (κ3) is 10.4. The molecule has 0 aliphatic carbocycles. The van der Waals surface area contributed by atoms with Crippen LogP contribution in [0.15, 0.2) is 86.0 Å². The van der Waals surface area contributed by atoms with Gasteiger partial charge in [0.05, 0.1) is 25.4 Å². The van der Waals surface area contributed by atoms with Crippen LogP contribution in [-0.4, -0.2) is 25.4 Å². The highest BCUT2D eigenvalue weighted by atomic mass is 19.1. The van der Waals surface area contributed by atoms with Crippen molar-refractivity contribution >= 4 is 0 Å². The van der Waals surface area contributed by atoms with Crippen molar-refractivity contribution in [2.75, 3.05) is 13.2 Å². The largest absolute Gasteiger partial charge is 0.348 e. The molecule has 2 aliphatic heterocycles. The number of ether oxygens (including phenoxy) is 4. The summed E-state index contributed by atoms with van der Waals surface area (Å²) < 4.78 is 55.1. The molecule has 50 heavy (non-hydrogen) atoms. The Labute approximate surface area is 298 Å². The second-order valence-electron chi connectivity index (χ2n) is 14.1. The van der Waals surface area contributed by atoms with Crippen LogP contribution >= 0.6 is 0 Å². The monoisotopic (exact) mass is 686 g/mol. The molecule has 270 valence electrons. The highest BCUT2D eigenvalue weighted by Crippen LogP contribution is 2.36. The summed E-state index contributed by atoms with van der Waals surface area (Å²) in [6.07, 6.45) is 16.3. The molecular weight excluding hydrogens is 630 g/mol. The fourth-order valence-corrected chi connectivity index (χ4v) is 7.09. The molecule has 3 aromatic carbocycles. The molecule has 2 aliphatic rings. The number of benzene rings is 3. The summed E-state index contributed by atoms with van der Waals surface area (Å²) in [5.74, 6) is -0.0683. The number of halogens is 2. The summed E-state index contributed by atoms with van der Waals surface area (Å²) >= 11 is 0. The molecule has 6 atom stereocenters. The van der Waals surface area contributed by atoms with Crippen LogP contribution in [0.2, 0.25) is 0 Å². The van der Waals surface area contributed by atoms with Crippen LogP contribution in [0.5, 0.6) is 0 Å². The van der Waals surface area contributed by atoms with E-state index in [-0.39, 0.29) is 23.8 Å². The standard InChI is InChI=1S/C44H56F2O4/c1-5-7-9-11-13-15-17-37-29-47-43(49-31(37)3)39-25-23-35(27-41(39)45)33-19-21-34(22-20-33)36-24-26-40(42(46)28-36)44-48-30-38(32(4)50-44)18-16-14-12-10-8-6-2/h5-6,19-28,31-32,37-38,43-44H,1-2,7-18,29-30H2,3-4H3/t31?,32?,37-,38?,43-,44?/m1/s1. The maximum Gasteiger partial charge on any atom is 0.186 e. The van der Waals surface area contributed by atoms with Gasteiger partial charge in [0.2, 0.25) is 0 Å². The van der Waals surface area contributed by atoms with Crippen LogP contribution < -0.4 is 0 Å². The fourth-order valence-electron chi connectivity index (χ4n) is 7.09. The van der Waals surface area contributed by atoms with Crippen molar-refractivity contribution in [3.63, 3.8) is 0 Å². The van der Waals surface area contributed by atoms with Crippen LogP contribution in [0.1, 0.15) is 115 Å². The van der Waals surface area contributed by atoms with Gasteiger partial charge >= 0.3 is 0 Å². The minimum Gasteiger partial charge on any atom is -0.348 e. The van der Waals surface area contributed by atoms with Crippen molar-refractivity contribution in [3.8, 4) is 22.3 Å². The molecule has 2 fully saturated rings. The Hall–Kier alpha value is -3.16. The van der Waals surface area contributed by atoms with Crippen molar-refractivity contribution in [3.05, 3.63) is 109 Å². The maximum atomic E-state index is 15.4. The Balaban J connectivity index is 1.12. The van der Waals surface area contributed by atoms with E-state index in [0.717, 1.165) is 60.8 Å². The molecule has 4 nitrogen and oxygen atoms in total. The highest BCUT2D eigenvalue weighted by molar-refractivity contribution is 5.71. The summed E-state index contributed by atoms with van der Waals surface area (Å²) in [4.78, 5) is 0. The van der Waals surface area contributed by atoms with E-state index in [1.165, 1.54) is 50.7 Å². The minimum absolute atomic E-state index is 0.00326. The highest BCUT2D eigenvalue weighted by Gasteiger charge is 2.32. The van der Waals surface area contributed by atoms with E-state index in [1.54, 1.807) is 12.1 Å². The first-order valence-corrected chi connectivity index (χ1v) is 18.8. The predicted molar refractivity (Wildman–Crippen MR) is 198 cm³/mol. The Bertz CT molecular complexity index is 1390. The smallest absolute Gasteiger partial charge is 0.186 e. The molecule has 5 rings (SSSR count). The van der Waals surface area contributed by atoms with Gasteiger partial charge in [-0.3, -0.25) is 0 Å². The molecule has 4 unspecified atom stereocenters. The van der Waals surface area contributed by atoms with Gasteiger partial charge in [-0.1, -0.05) is 99.2 Å². The van der Waals surface area contributed by atoms with Gasteiger partial charge in [0.15, 0.2) is 12.6 Å². The number of hydrogen-bond donors (Lipinski definition) is 0. The molecule has 0 amide bonds. The molecule has 0 aromatic heterocycles. The zero-order valence-corrected chi connectivity index (χ0v) is 30.1. The minimum atomic E-state index is -0.709. The first-order chi connectivity index (χ1) is 24.4. The third-order valence-electron chi connectivity index (χ3n) is 10.5. The van der Waals surface area contributed by atoms with E-state index < -0.39 is 12.6 Å². The number of hydrogen-bond acceptors (Lipinski definition) is 4. The summed E-state index contributed by atoms with van der Waals surface area (Å²) in [5, 5.41) is 0. The molecule has 6 heteroatoms. The van der Waals surface area contributed by atoms with Crippen LogP contribution in [0, 0.1) is 23.5 Å². The van der Waals surface area contributed by atoms with E-state index in [4.69, 9.17) is 18.9 Å². The molecule has 0 N–H and O–H groups in total. The normalized spacial score (nSPS) is 23.8. The van der Waals surface area contributed by atoms with Crippen LogP contribution in [0.4, 0.5) is 8.78 Å². The summed E-state index contributed by atoms with van der Waals surface area (Å²) in [7, 11) is 0. The summed E-state index contributed by atoms with van der Waals surface area (Å²) in [6.45, 7) is 12.8.